The predicted molar refractivity (Wildman–Crippen MR) is 77.6 cm³/mol. The topological polar surface area (TPSA) is 84.6 Å². The van der Waals surface area contributed by atoms with Crippen molar-refractivity contribution in [1.82, 2.24) is 4.90 Å². The van der Waals surface area contributed by atoms with Gasteiger partial charge in [-0.1, -0.05) is 0 Å². The minimum atomic E-state index is -0.812. The first-order valence-electron chi connectivity index (χ1n) is 6.49. The summed E-state index contributed by atoms with van der Waals surface area (Å²) >= 11 is 3.32. The van der Waals surface area contributed by atoms with Crippen molar-refractivity contribution in [3.8, 4) is 6.07 Å². The molecule has 2 fully saturated rings. The van der Waals surface area contributed by atoms with Crippen LogP contribution in [0.5, 0.6) is 0 Å². The van der Waals surface area contributed by atoms with E-state index in [1.807, 2.05) is 6.07 Å². The molecule has 7 heteroatoms. The van der Waals surface area contributed by atoms with Gasteiger partial charge in [0.15, 0.2) is 0 Å². The molecule has 6 nitrogen and oxygen atoms in total. The smallest absolute Gasteiger partial charge is 0.332 e. The molecule has 2 atom stereocenters. The van der Waals surface area contributed by atoms with Crippen molar-refractivity contribution >= 4 is 33.6 Å². The number of halogens is 1. The van der Waals surface area contributed by atoms with Gasteiger partial charge in [0.05, 0.1) is 17.4 Å². The first-order chi connectivity index (χ1) is 9.97. The SMILES string of the molecule is Cc1c(N2C(=O)[C@@H]3[C@H](O)CCN3C2=O)ccc(C#N)c1Br. The number of aliphatic hydroxyl groups is 1. The lowest BCUT2D eigenvalue weighted by Gasteiger charge is -2.19. The zero-order valence-electron chi connectivity index (χ0n) is 11.2. The summed E-state index contributed by atoms with van der Waals surface area (Å²) in [5.41, 5.74) is 1.53. The number of urea groups is 1. The first-order valence-corrected chi connectivity index (χ1v) is 7.28. The number of nitrogens with zero attached hydrogens (tertiary/aromatic N) is 3. The van der Waals surface area contributed by atoms with E-state index in [4.69, 9.17) is 5.26 Å². The van der Waals surface area contributed by atoms with Crippen LogP contribution in [0.15, 0.2) is 16.6 Å². The Balaban J connectivity index is 2.07. The van der Waals surface area contributed by atoms with Gasteiger partial charge in [0.1, 0.15) is 12.1 Å². The van der Waals surface area contributed by atoms with Crippen LogP contribution < -0.4 is 4.90 Å². The zero-order valence-corrected chi connectivity index (χ0v) is 12.8. The molecule has 21 heavy (non-hydrogen) atoms. The molecule has 2 aliphatic heterocycles. The number of rotatable bonds is 1. The van der Waals surface area contributed by atoms with Gasteiger partial charge in [-0.05, 0) is 47.0 Å². The van der Waals surface area contributed by atoms with Gasteiger partial charge in [-0.15, -0.1) is 0 Å². The molecule has 108 valence electrons. The molecule has 0 unspecified atom stereocenters. The van der Waals surface area contributed by atoms with Crippen molar-refractivity contribution in [1.29, 1.82) is 5.26 Å². The standard InChI is InChI=1S/C14H12BrN3O3/c1-7-9(3-2-8(6-16)11(7)15)18-13(20)12-10(19)4-5-17(12)14(18)21/h2-3,10,12,19H,4-5H2,1H3/t10-,12+/m1/s1. The van der Waals surface area contributed by atoms with Crippen LogP contribution in [0.2, 0.25) is 0 Å². The Morgan fingerprint density at radius 3 is 2.76 bits per heavy atom. The zero-order chi connectivity index (χ0) is 15.3. The molecule has 2 aliphatic rings. The largest absolute Gasteiger partial charge is 0.390 e. The molecular formula is C14H12BrN3O3. The van der Waals surface area contributed by atoms with Crippen molar-refractivity contribution in [2.24, 2.45) is 0 Å². The molecule has 0 saturated carbocycles. The molecule has 2 saturated heterocycles. The van der Waals surface area contributed by atoms with Gasteiger partial charge < -0.3 is 10.0 Å². The van der Waals surface area contributed by atoms with Crippen LogP contribution in [0.3, 0.4) is 0 Å². The lowest BCUT2D eigenvalue weighted by molar-refractivity contribution is -0.121. The highest BCUT2D eigenvalue weighted by atomic mass is 79.9. The van der Waals surface area contributed by atoms with Crippen molar-refractivity contribution in [2.75, 3.05) is 11.4 Å². The van der Waals surface area contributed by atoms with Crippen molar-refractivity contribution < 1.29 is 14.7 Å². The maximum absolute atomic E-state index is 12.4. The summed E-state index contributed by atoms with van der Waals surface area (Å²) in [5, 5.41) is 18.9. The minimum absolute atomic E-state index is 0.378. The van der Waals surface area contributed by atoms with Gasteiger partial charge in [0, 0.05) is 11.0 Å². The number of hydrogen-bond donors (Lipinski definition) is 1. The average Bonchev–Trinajstić information content (AvgIpc) is 2.95. The van der Waals surface area contributed by atoms with Gasteiger partial charge >= 0.3 is 6.03 Å². The van der Waals surface area contributed by atoms with E-state index < -0.39 is 24.1 Å². The molecule has 0 aromatic heterocycles. The van der Waals surface area contributed by atoms with Crippen LogP contribution in [0.4, 0.5) is 10.5 Å². The second kappa shape index (κ2) is 4.83. The van der Waals surface area contributed by atoms with Gasteiger partial charge in [-0.3, -0.25) is 4.79 Å². The second-order valence-corrected chi connectivity index (χ2v) is 5.93. The van der Waals surface area contributed by atoms with Gasteiger partial charge in [-0.25, -0.2) is 9.69 Å². The van der Waals surface area contributed by atoms with E-state index in [2.05, 4.69) is 15.9 Å². The van der Waals surface area contributed by atoms with E-state index >= 15 is 0 Å². The van der Waals surface area contributed by atoms with Crippen LogP contribution in [-0.4, -0.2) is 40.6 Å². The fourth-order valence-electron chi connectivity index (χ4n) is 2.87. The van der Waals surface area contributed by atoms with E-state index in [0.717, 1.165) is 4.90 Å². The number of carbonyl (C=O) groups is 2. The molecule has 0 bridgehead atoms. The predicted octanol–water partition coefficient (Wildman–Crippen LogP) is 1.53. The number of imide groups is 1. The summed E-state index contributed by atoms with van der Waals surface area (Å²) in [6.07, 6.45) is -0.389. The van der Waals surface area contributed by atoms with E-state index in [0.29, 0.717) is 34.3 Å². The maximum atomic E-state index is 12.4. The highest BCUT2D eigenvalue weighted by Gasteiger charge is 2.52. The lowest BCUT2D eigenvalue weighted by atomic mass is 10.1. The third kappa shape index (κ3) is 1.87. The summed E-state index contributed by atoms with van der Waals surface area (Å²) in [7, 11) is 0. The third-order valence-electron chi connectivity index (χ3n) is 4.00. The molecule has 0 aliphatic carbocycles. The maximum Gasteiger partial charge on any atom is 0.332 e. The Morgan fingerprint density at radius 1 is 1.43 bits per heavy atom. The molecule has 3 rings (SSSR count). The summed E-state index contributed by atoms with van der Waals surface area (Å²) in [6, 6.07) is 3.98. The fourth-order valence-corrected chi connectivity index (χ4v) is 3.29. The highest BCUT2D eigenvalue weighted by molar-refractivity contribution is 9.10. The third-order valence-corrected chi connectivity index (χ3v) is 5.02. The minimum Gasteiger partial charge on any atom is -0.390 e. The number of anilines is 1. The number of amides is 3. The Bertz CT molecular complexity index is 697. The second-order valence-electron chi connectivity index (χ2n) is 5.13. The van der Waals surface area contributed by atoms with Crippen LogP contribution in [0.1, 0.15) is 17.5 Å². The number of carbonyl (C=O) groups excluding carboxylic acids is 2. The number of benzene rings is 1. The Morgan fingerprint density at radius 2 is 2.14 bits per heavy atom. The van der Waals surface area contributed by atoms with Crippen molar-refractivity contribution in [3.63, 3.8) is 0 Å². The quantitative estimate of drug-likeness (QED) is 0.779. The Kier molecular flexibility index (Phi) is 3.23. The van der Waals surface area contributed by atoms with E-state index in [-0.39, 0.29) is 0 Å². The number of nitriles is 1. The van der Waals surface area contributed by atoms with E-state index in [1.165, 1.54) is 4.90 Å². The van der Waals surface area contributed by atoms with Gasteiger partial charge in [0.2, 0.25) is 0 Å². The fraction of sp³-hybridized carbons (Fsp3) is 0.357. The first kappa shape index (κ1) is 14.0. The molecule has 1 aromatic carbocycles. The van der Waals surface area contributed by atoms with Crippen molar-refractivity contribution in [2.45, 2.75) is 25.5 Å². The van der Waals surface area contributed by atoms with E-state index in [1.54, 1.807) is 19.1 Å². The van der Waals surface area contributed by atoms with Crippen molar-refractivity contribution in [3.05, 3.63) is 27.7 Å². The van der Waals surface area contributed by atoms with Crippen LogP contribution in [0, 0.1) is 18.3 Å². The monoisotopic (exact) mass is 349 g/mol. The molecule has 1 N–H and O–H groups in total. The van der Waals surface area contributed by atoms with Gasteiger partial charge in [0.25, 0.3) is 5.91 Å². The molecule has 3 amide bonds. The average molecular weight is 350 g/mol. The number of aliphatic hydroxyl groups excluding tert-OH is 1. The molecule has 0 radical (unpaired) electrons. The molecule has 2 heterocycles. The lowest BCUT2D eigenvalue weighted by Crippen LogP contribution is -2.36. The van der Waals surface area contributed by atoms with Gasteiger partial charge in [-0.2, -0.15) is 5.26 Å². The number of fused-ring (bicyclic) bond motifs is 1. The Hall–Kier alpha value is -1.91. The summed E-state index contributed by atoms with van der Waals surface area (Å²) in [6.45, 7) is 2.12. The van der Waals surface area contributed by atoms with Crippen LogP contribution in [0.25, 0.3) is 0 Å². The molecular weight excluding hydrogens is 338 g/mol. The van der Waals surface area contributed by atoms with E-state index in [9.17, 15) is 14.7 Å². The summed E-state index contributed by atoms with van der Waals surface area (Å²) < 4.78 is 0.565. The van der Waals surface area contributed by atoms with Crippen LogP contribution >= 0.6 is 15.9 Å². The molecule has 0 spiro atoms. The highest BCUT2D eigenvalue weighted by Crippen LogP contribution is 2.36. The molecule has 1 aromatic rings. The summed E-state index contributed by atoms with van der Waals surface area (Å²) in [4.78, 5) is 27.3. The summed E-state index contributed by atoms with van der Waals surface area (Å²) in [5.74, 6) is -0.412. The Labute approximate surface area is 129 Å². The van der Waals surface area contributed by atoms with Crippen LogP contribution in [-0.2, 0) is 4.79 Å². The normalized spacial score (nSPS) is 24.5. The number of hydrogen-bond acceptors (Lipinski definition) is 4.